The first-order chi connectivity index (χ1) is 17.4. The molecule has 0 saturated carbocycles. The Morgan fingerprint density at radius 1 is 0.972 bits per heavy atom. The molecule has 5 aromatic rings. The van der Waals surface area contributed by atoms with Gasteiger partial charge in [-0.05, 0) is 43.3 Å². The molecule has 5 rings (SSSR count). The lowest BCUT2D eigenvalue weighted by atomic mass is 10.1. The largest absolute Gasteiger partial charge is 0.495 e. The van der Waals surface area contributed by atoms with Gasteiger partial charge in [0.25, 0.3) is 10.0 Å². The molecule has 3 aromatic carbocycles. The molecule has 8 nitrogen and oxygen atoms in total. The fourth-order valence-corrected chi connectivity index (χ4v) is 5.56. The molecule has 0 fully saturated rings. The number of nitrogens with one attached hydrogen (secondary N) is 1. The van der Waals surface area contributed by atoms with E-state index in [0.717, 1.165) is 16.3 Å². The molecule has 182 valence electrons. The molecule has 2 aromatic heterocycles. The van der Waals surface area contributed by atoms with Crippen LogP contribution in [0.4, 0.5) is 5.69 Å². The number of nitrogens with zero attached hydrogens (tertiary/aromatic N) is 3. The number of thiazole rings is 1. The molecule has 0 atom stereocenters. The maximum atomic E-state index is 13.0. The lowest BCUT2D eigenvalue weighted by Gasteiger charge is -2.11. The number of methoxy groups -OCH3 is 1. The highest BCUT2D eigenvalue weighted by molar-refractivity contribution is 7.92. The smallest absolute Gasteiger partial charge is 0.262 e. The van der Waals surface area contributed by atoms with E-state index in [1.807, 2.05) is 30.5 Å². The topological polar surface area (TPSA) is 107 Å². The third-order valence-corrected chi connectivity index (χ3v) is 7.66. The minimum Gasteiger partial charge on any atom is -0.495 e. The van der Waals surface area contributed by atoms with Crippen molar-refractivity contribution in [1.82, 2.24) is 15.2 Å². The van der Waals surface area contributed by atoms with Crippen LogP contribution < -0.4 is 9.46 Å². The van der Waals surface area contributed by atoms with Crippen molar-refractivity contribution in [2.24, 2.45) is 0 Å². The molecule has 0 aliphatic heterocycles. The monoisotopic (exact) mass is 518 g/mol. The van der Waals surface area contributed by atoms with Crippen molar-refractivity contribution in [2.75, 3.05) is 11.8 Å². The van der Waals surface area contributed by atoms with Gasteiger partial charge in [0.05, 0.1) is 29.8 Å². The number of rotatable bonds is 8. The summed E-state index contributed by atoms with van der Waals surface area (Å²) in [5.74, 6) is 1.05. The van der Waals surface area contributed by atoms with Crippen molar-refractivity contribution in [3.05, 3.63) is 95.3 Å². The maximum absolute atomic E-state index is 13.0. The van der Waals surface area contributed by atoms with Crippen LogP contribution in [0.25, 0.3) is 22.0 Å². The summed E-state index contributed by atoms with van der Waals surface area (Å²) < 4.78 is 39.6. The average molecular weight is 519 g/mol. The highest BCUT2D eigenvalue weighted by Gasteiger charge is 2.19. The lowest BCUT2D eigenvalue weighted by molar-refractivity contribution is 0.417. The number of para-hydroxylation sites is 2. The second kappa shape index (κ2) is 9.92. The summed E-state index contributed by atoms with van der Waals surface area (Å²) in [5.41, 5.74) is 3.91. The first kappa shape index (κ1) is 23.7. The fourth-order valence-electron chi connectivity index (χ4n) is 3.62. The number of ether oxygens (including phenoxy) is 1. The molecule has 0 saturated heterocycles. The SMILES string of the molecule is COc1ccccc1NS(=O)(=O)c1cccc(-c2nnc(Cc3csc(-c4cccc(C)c4)n3)o2)c1. The van der Waals surface area contributed by atoms with Crippen molar-refractivity contribution in [3.8, 4) is 27.8 Å². The van der Waals surface area contributed by atoms with Crippen LogP contribution in [0.1, 0.15) is 17.1 Å². The second-order valence-electron chi connectivity index (χ2n) is 8.02. The Kier molecular flexibility index (Phi) is 6.53. The van der Waals surface area contributed by atoms with E-state index < -0.39 is 10.0 Å². The van der Waals surface area contributed by atoms with Gasteiger partial charge in [0, 0.05) is 16.5 Å². The molecule has 1 N–H and O–H groups in total. The van der Waals surface area contributed by atoms with E-state index in [1.165, 1.54) is 24.8 Å². The second-order valence-corrected chi connectivity index (χ2v) is 10.6. The van der Waals surface area contributed by atoms with Gasteiger partial charge in [-0.15, -0.1) is 21.5 Å². The Hall–Kier alpha value is -4.02. The van der Waals surface area contributed by atoms with E-state index in [1.54, 1.807) is 47.7 Å². The lowest BCUT2D eigenvalue weighted by Crippen LogP contribution is -2.13. The molecule has 0 radical (unpaired) electrons. The standard InChI is InChI=1S/C26H22N4O4S2/c1-17-7-5-9-19(13-17)26-27-20(16-35-26)15-24-28-29-25(34-24)18-8-6-10-21(14-18)36(31,32)30-22-11-3-4-12-23(22)33-2/h3-14,16,30H,15H2,1-2H3. The highest BCUT2D eigenvalue weighted by Crippen LogP contribution is 2.29. The van der Waals surface area contributed by atoms with Gasteiger partial charge in [0.1, 0.15) is 10.8 Å². The van der Waals surface area contributed by atoms with Crippen molar-refractivity contribution in [3.63, 3.8) is 0 Å². The van der Waals surface area contributed by atoms with Crippen LogP contribution in [-0.2, 0) is 16.4 Å². The number of aryl methyl sites for hydroxylation is 1. The predicted molar refractivity (Wildman–Crippen MR) is 139 cm³/mol. The van der Waals surface area contributed by atoms with Gasteiger partial charge in [0.15, 0.2) is 0 Å². The number of hydrogen-bond acceptors (Lipinski definition) is 8. The van der Waals surface area contributed by atoms with Crippen LogP contribution in [0, 0.1) is 6.92 Å². The number of benzene rings is 3. The van der Waals surface area contributed by atoms with E-state index in [0.29, 0.717) is 29.3 Å². The van der Waals surface area contributed by atoms with Crippen molar-refractivity contribution >= 4 is 27.0 Å². The van der Waals surface area contributed by atoms with Gasteiger partial charge in [-0.25, -0.2) is 13.4 Å². The minimum atomic E-state index is -3.87. The molecule has 0 spiro atoms. The Labute approximate surface area is 212 Å². The zero-order valence-electron chi connectivity index (χ0n) is 19.5. The summed E-state index contributed by atoms with van der Waals surface area (Å²) in [5, 5.41) is 11.1. The summed E-state index contributed by atoms with van der Waals surface area (Å²) in [6.45, 7) is 2.05. The van der Waals surface area contributed by atoms with Crippen LogP contribution in [0.15, 0.2) is 87.5 Å². The summed E-state index contributed by atoms with van der Waals surface area (Å²) in [6.07, 6.45) is 0.378. The first-order valence-corrected chi connectivity index (χ1v) is 13.4. The number of hydrogen-bond donors (Lipinski definition) is 1. The normalized spacial score (nSPS) is 11.4. The summed E-state index contributed by atoms with van der Waals surface area (Å²) in [4.78, 5) is 4.76. The van der Waals surface area contributed by atoms with E-state index >= 15 is 0 Å². The Morgan fingerprint density at radius 3 is 2.61 bits per heavy atom. The van der Waals surface area contributed by atoms with Crippen molar-refractivity contribution in [2.45, 2.75) is 18.2 Å². The Morgan fingerprint density at radius 2 is 1.78 bits per heavy atom. The van der Waals surface area contributed by atoms with Gasteiger partial charge < -0.3 is 9.15 Å². The van der Waals surface area contributed by atoms with Gasteiger partial charge in [-0.2, -0.15) is 0 Å². The minimum absolute atomic E-state index is 0.0629. The molecule has 0 bridgehead atoms. The molecule has 0 aliphatic rings. The van der Waals surface area contributed by atoms with Crippen LogP contribution in [-0.4, -0.2) is 30.7 Å². The van der Waals surface area contributed by atoms with Crippen LogP contribution >= 0.6 is 11.3 Å². The number of sulfonamides is 1. The third kappa shape index (κ3) is 5.14. The third-order valence-electron chi connectivity index (χ3n) is 5.36. The number of aromatic nitrogens is 3. The summed E-state index contributed by atoms with van der Waals surface area (Å²) in [7, 11) is -2.39. The maximum Gasteiger partial charge on any atom is 0.262 e. The Balaban J connectivity index is 1.34. The molecule has 10 heteroatoms. The Bertz CT molecular complexity index is 1630. The summed E-state index contributed by atoms with van der Waals surface area (Å²) in [6, 6.07) is 21.3. The first-order valence-electron chi connectivity index (χ1n) is 11.0. The molecular formula is C26H22N4O4S2. The molecule has 0 amide bonds. The van der Waals surface area contributed by atoms with Gasteiger partial charge >= 0.3 is 0 Å². The summed E-state index contributed by atoms with van der Waals surface area (Å²) >= 11 is 1.56. The molecule has 36 heavy (non-hydrogen) atoms. The van der Waals surface area contributed by atoms with Gasteiger partial charge in [-0.1, -0.05) is 42.0 Å². The van der Waals surface area contributed by atoms with E-state index in [-0.39, 0.29) is 10.8 Å². The van der Waals surface area contributed by atoms with E-state index in [2.05, 4.69) is 21.0 Å². The van der Waals surface area contributed by atoms with Crippen LogP contribution in [0.3, 0.4) is 0 Å². The highest BCUT2D eigenvalue weighted by atomic mass is 32.2. The van der Waals surface area contributed by atoms with E-state index in [9.17, 15) is 8.42 Å². The number of anilines is 1. The van der Waals surface area contributed by atoms with E-state index in [4.69, 9.17) is 14.1 Å². The zero-order chi connectivity index (χ0) is 25.1. The van der Waals surface area contributed by atoms with Crippen molar-refractivity contribution < 1.29 is 17.6 Å². The molecular weight excluding hydrogens is 496 g/mol. The molecule has 0 aliphatic carbocycles. The van der Waals surface area contributed by atoms with Gasteiger partial charge in [-0.3, -0.25) is 4.72 Å². The van der Waals surface area contributed by atoms with Crippen LogP contribution in [0.5, 0.6) is 5.75 Å². The van der Waals surface area contributed by atoms with Crippen molar-refractivity contribution in [1.29, 1.82) is 0 Å². The molecule has 2 heterocycles. The average Bonchev–Trinajstić information content (AvgIpc) is 3.55. The van der Waals surface area contributed by atoms with Gasteiger partial charge in [0.2, 0.25) is 11.8 Å². The predicted octanol–water partition coefficient (Wildman–Crippen LogP) is 5.57. The van der Waals surface area contributed by atoms with Crippen LogP contribution in [0.2, 0.25) is 0 Å². The molecule has 0 unspecified atom stereocenters. The zero-order valence-corrected chi connectivity index (χ0v) is 21.1. The quantitative estimate of drug-likeness (QED) is 0.286. The fraction of sp³-hybridized carbons (Fsp3) is 0.115.